The number of esters is 1. The van der Waals surface area contributed by atoms with Crippen molar-refractivity contribution in [2.75, 3.05) is 20.0 Å². The molecular formula is C32H29ClN2O5S2. The molecule has 0 bridgehead atoms. The monoisotopic (exact) mass is 620 g/mol. The van der Waals surface area contributed by atoms with Gasteiger partial charge in [0.1, 0.15) is 6.61 Å². The fraction of sp³-hybridized carbons (Fsp3) is 0.219. The van der Waals surface area contributed by atoms with Crippen LogP contribution < -0.4 is 24.4 Å². The number of nitrogens with zero attached hydrogens (tertiary/aromatic N) is 2. The number of benzene rings is 3. The van der Waals surface area contributed by atoms with Gasteiger partial charge < -0.3 is 14.2 Å². The second-order valence-electron chi connectivity index (χ2n) is 9.40. The van der Waals surface area contributed by atoms with E-state index in [9.17, 15) is 9.59 Å². The summed E-state index contributed by atoms with van der Waals surface area (Å²) >= 11 is 8.88. The fourth-order valence-electron chi connectivity index (χ4n) is 4.68. The molecule has 1 aliphatic heterocycles. The quantitative estimate of drug-likeness (QED) is 0.175. The summed E-state index contributed by atoms with van der Waals surface area (Å²) in [6.45, 7) is 4.11. The van der Waals surface area contributed by atoms with E-state index in [-0.39, 0.29) is 12.2 Å². The zero-order valence-electron chi connectivity index (χ0n) is 23.5. The Bertz CT molecular complexity index is 1830. The number of fused-ring (bicyclic) bond motifs is 1. The Kier molecular flexibility index (Phi) is 9.21. The van der Waals surface area contributed by atoms with Crippen LogP contribution in [-0.2, 0) is 16.1 Å². The van der Waals surface area contributed by atoms with Gasteiger partial charge in [0.05, 0.1) is 35.6 Å². The minimum Gasteiger partial charge on any atom is -0.493 e. The van der Waals surface area contributed by atoms with Crippen molar-refractivity contribution in [3.05, 3.63) is 119 Å². The number of methoxy groups -OCH3 is 1. The van der Waals surface area contributed by atoms with Gasteiger partial charge in [-0.2, -0.15) is 0 Å². The topological polar surface area (TPSA) is 79.1 Å². The van der Waals surface area contributed by atoms with Crippen LogP contribution in [0.2, 0.25) is 5.02 Å². The number of rotatable bonds is 9. The van der Waals surface area contributed by atoms with E-state index in [4.69, 9.17) is 25.8 Å². The van der Waals surface area contributed by atoms with Gasteiger partial charge in [0.15, 0.2) is 16.3 Å². The predicted octanol–water partition coefficient (Wildman–Crippen LogP) is 5.76. The molecule has 5 rings (SSSR count). The lowest BCUT2D eigenvalue weighted by Gasteiger charge is -2.24. The second kappa shape index (κ2) is 13.0. The molecule has 1 aliphatic rings. The first-order valence-corrected chi connectivity index (χ1v) is 15.6. The number of halogens is 1. The molecule has 0 saturated carbocycles. The maximum Gasteiger partial charge on any atom is 0.338 e. The molecule has 4 aromatic rings. The second-order valence-corrected chi connectivity index (χ2v) is 11.7. The maximum atomic E-state index is 13.9. The fourth-order valence-corrected chi connectivity index (χ4v) is 6.26. The summed E-state index contributed by atoms with van der Waals surface area (Å²) in [7, 11) is 1.57. The van der Waals surface area contributed by atoms with Crippen LogP contribution in [0.1, 0.15) is 36.6 Å². The summed E-state index contributed by atoms with van der Waals surface area (Å²) in [6, 6.07) is 20.1. The van der Waals surface area contributed by atoms with Crippen LogP contribution >= 0.6 is 34.7 Å². The normalized spacial score (nSPS) is 14.8. The van der Waals surface area contributed by atoms with Crippen LogP contribution in [0.3, 0.4) is 0 Å². The van der Waals surface area contributed by atoms with E-state index in [1.54, 1.807) is 43.4 Å². The molecule has 1 aromatic heterocycles. The first kappa shape index (κ1) is 29.7. The lowest BCUT2D eigenvalue weighted by atomic mass is 9.96. The molecule has 3 aromatic carbocycles. The summed E-state index contributed by atoms with van der Waals surface area (Å²) in [5.41, 5.74) is 3.19. The minimum atomic E-state index is -0.656. The predicted molar refractivity (Wildman–Crippen MR) is 167 cm³/mol. The lowest BCUT2D eigenvalue weighted by Crippen LogP contribution is -2.39. The first-order chi connectivity index (χ1) is 20.3. The molecule has 1 atom stereocenters. The largest absolute Gasteiger partial charge is 0.493 e. The van der Waals surface area contributed by atoms with Crippen molar-refractivity contribution < 1.29 is 19.0 Å². The number of aromatic nitrogens is 1. The highest BCUT2D eigenvalue weighted by molar-refractivity contribution is 7.98. The lowest BCUT2D eigenvalue weighted by molar-refractivity contribution is -0.139. The number of allylic oxidation sites excluding steroid dienone is 1. The van der Waals surface area contributed by atoms with Crippen LogP contribution in [-0.4, -0.2) is 30.5 Å². The Morgan fingerprint density at radius 1 is 1.10 bits per heavy atom. The number of thiazole rings is 1. The molecule has 7 nitrogen and oxygen atoms in total. The van der Waals surface area contributed by atoms with Crippen LogP contribution in [0.5, 0.6) is 11.5 Å². The van der Waals surface area contributed by atoms with Crippen molar-refractivity contribution in [3.63, 3.8) is 0 Å². The van der Waals surface area contributed by atoms with Crippen LogP contribution in [0.4, 0.5) is 0 Å². The zero-order valence-corrected chi connectivity index (χ0v) is 25.9. The third-order valence-corrected chi connectivity index (χ3v) is 8.72. The average molecular weight is 621 g/mol. The molecule has 0 radical (unpaired) electrons. The van der Waals surface area contributed by atoms with Gasteiger partial charge in [-0.25, -0.2) is 9.79 Å². The van der Waals surface area contributed by atoms with Crippen molar-refractivity contribution in [1.82, 2.24) is 4.57 Å². The van der Waals surface area contributed by atoms with E-state index in [1.165, 1.54) is 11.3 Å². The molecule has 0 unspecified atom stereocenters. The van der Waals surface area contributed by atoms with Crippen molar-refractivity contribution in [2.24, 2.45) is 4.99 Å². The first-order valence-electron chi connectivity index (χ1n) is 13.2. The van der Waals surface area contributed by atoms with E-state index in [0.717, 1.165) is 21.6 Å². The van der Waals surface area contributed by atoms with Gasteiger partial charge in [-0.05, 0) is 79.3 Å². The van der Waals surface area contributed by atoms with E-state index in [1.807, 2.05) is 73.0 Å². The van der Waals surface area contributed by atoms with Crippen molar-refractivity contribution in [3.8, 4) is 11.5 Å². The number of ether oxygens (including phenoxy) is 3. The van der Waals surface area contributed by atoms with Crippen molar-refractivity contribution in [1.29, 1.82) is 0 Å². The van der Waals surface area contributed by atoms with Crippen LogP contribution in [0.25, 0.3) is 6.08 Å². The Hall–Kier alpha value is -3.79. The molecule has 0 N–H and O–H groups in total. The standard InChI is InChI=1S/C32H29ClN2O5S2/c1-5-39-31(37)28-19(2)34-32-35(29(28)22-9-13-24(41-4)14-10-22)30(36)27(42-32)17-21-8-15-25(26(16-21)38-3)40-18-20-6-11-23(33)12-7-20/h6-17,29H,5,18H2,1-4H3/b27-17-/t29-/m1/s1. The van der Waals surface area contributed by atoms with Gasteiger partial charge in [-0.1, -0.05) is 53.3 Å². The Morgan fingerprint density at radius 2 is 1.83 bits per heavy atom. The van der Waals surface area contributed by atoms with E-state index in [0.29, 0.717) is 43.7 Å². The van der Waals surface area contributed by atoms with Gasteiger partial charge in [-0.3, -0.25) is 9.36 Å². The van der Waals surface area contributed by atoms with E-state index >= 15 is 0 Å². The summed E-state index contributed by atoms with van der Waals surface area (Å²) in [5.74, 6) is 0.637. The van der Waals surface area contributed by atoms with Gasteiger partial charge >= 0.3 is 5.97 Å². The molecule has 216 valence electrons. The van der Waals surface area contributed by atoms with Crippen LogP contribution in [0, 0.1) is 0 Å². The minimum absolute atomic E-state index is 0.222. The molecule has 0 amide bonds. The smallest absolute Gasteiger partial charge is 0.338 e. The third kappa shape index (κ3) is 6.18. The van der Waals surface area contributed by atoms with Gasteiger partial charge in [0, 0.05) is 9.92 Å². The summed E-state index contributed by atoms with van der Waals surface area (Å²) in [6.07, 6.45) is 3.80. The number of hydrogen-bond donors (Lipinski definition) is 0. The molecule has 0 aliphatic carbocycles. The van der Waals surface area contributed by atoms with Gasteiger partial charge in [0.2, 0.25) is 0 Å². The SMILES string of the molecule is CCOC(=O)C1=C(C)N=c2s/c(=C\c3ccc(OCc4ccc(Cl)cc4)c(OC)c3)c(=O)n2[C@@H]1c1ccc(SC)cc1. The van der Waals surface area contributed by atoms with Crippen LogP contribution in [0.15, 0.2) is 92.7 Å². The average Bonchev–Trinajstić information content (AvgIpc) is 3.30. The summed E-state index contributed by atoms with van der Waals surface area (Å²) in [4.78, 5) is 33.3. The number of carbonyl (C=O) groups excluding carboxylic acids is 1. The van der Waals surface area contributed by atoms with Gasteiger partial charge in [0.25, 0.3) is 5.56 Å². The summed E-state index contributed by atoms with van der Waals surface area (Å²) in [5, 5.41) is 0.665. The molecule has 2 heterocycles. The number of thioether (sulfide) groups is 1. The Labute approximate surface area is 256 Å². The van der Waals surface area contributed by atoms with E-state index in [2.05, 4.69) is 4.99 Å². The van der Waals surface area contributed by atoms with Crippen molar-refractivity contribution in [2.45, 2.75) is 31.4 Å². The zero-order chi connectivity index (χ0) is 29.8. The van der Waals surface area contributed by atoms with Gasteiger partial charge in [-0.15, -0.1) is 11.8 Å². The molecule has 10 heteroatoms. The van der Waals surface area contributed by atoms with E-state index < -0.39 is 12.0 Å². The molecule has 0 fully saturated rings. The molecular weight excluding hydrogens is 592 g/mol. The highest BCUT2D eigenvalue weighted by Gasteiger charge is 2.33. The highest BCUT2D eigenvalue weighted by atomic mass is 35.5. The number of hydrogen-bond acceptors (Lipinski definition) is 8. The number of carbonyl (C=O) groups is 1. The maximum absolute atomic E-state index is 13.9. The molecule has 0 spiro atoms. The van der Waals surface area contributed by atoms with Crippen molar-refractivity contribution >= 4 is 46.7 Å². The highest BCUT2D eigenvalue weighted by Crippen LogP contribution is 2.32. The Balaban J connectivity index is 1.53. The molecule has 42 heavy (non-hydrogen) atoms. The third-order valence-electron chi connectivity index (χ3n) is 6.74. The molecule has 0 saturated heterocycles. The Morgan fingerprint density at radius 3 is 2.50 bits per heavy atom. The summed E-state index contributed by atoms with van der Waals surface area (Å²) < 4.78 is 19.0.